The molecule has 1 aliphatic heterocycles. The highest BCUT2D eigenvalue weighted by molar-refractivity contribution is 6.30. The number of hydrogen-bond donors (Lipinski definition) is 0. The van der Waals surface area contributed by atoms with Gasteiger partial charge in [0.25, 0.3) is 0 Å². The Bertz CT molecular complexity index is 649. The number of halogens is 2. The van der Waals surface area contributed by atoms with Crippen LogP contribution in [0.15, 0.2) is 48.5 Å². The Morgan fingerprint density at radius 1 is 1.23 bits per heavy atom. The summed E-state index contributed by atoms with van der Waals surface area (Å²) in [5.41, 5.74) is 1.81. The minimum absolute atomic E-state index is 0.149. The summed E-state index contributed by atoms with van der Waals surface area (Å²) in [5.74, 6) is -0.393. The molecule has 1 aliphatic rings. The molecule has 0 aromatic heterocycles. The molecule has 116 valence electrons. The third-order valence-corrected chi connectivity index (χ3v) is 4.69. The molecule has 1 unspecified atom stereocenters. The predicted octanol–water partition coefficient (Wildman–Crippen LogP) is 4.23. The van der Waals surface area contributed by atoms with E-state index < -0.39 is 11.4 Å². The SMILES string of the molecule is COC1(c2ccc(F)c(Cl)c2)CCN(Cc2ccccc2)C1. The van der Waals surface area contributed by atoms with E-state index in [0.717, 1.165) is 31.6 Å². The van der Waals surface area contributed by atoms with Gasteiger partial charge in [0.1, 0.15) is 11.4 Å². The highest BCUT2D eigenvalue weighted by Crippen LogP contribution is 2.37. The number of benzene rings is 2. The smallest absolute Gasteiger partial charge is 0.141 e. The van der Waals surface area contributed by atoms with Gasteiger partial charge in [-0.1, -0.05) is 48.0 Å². The molecule has 4 heteroatoms. The topological polar surface area (TPSA) is 12.5 Å². The van der Waals surface area contributed by atoms with E-state index in [1.54, 1.807) is 19.2 Å². The molecule has 0 amide bonds. The predicted molar refractivity (Wildman–Crippen MR) is 86.4 cm³/mol. The molecule has 0 spiro atoms. The van der Waals surface area contributed by atoms with Gasteiger partial charge in [0.15, 0.2) is 0 Å². The van der Waals surface area contributed by atoms with Gasteiger partial charge in [-0.05, 0) is 29.7 Å². The minimum Gasteiger partial charge on any atom is -0.372 e. The van der Waals surface area contributed by atoms with Gasteiger partial charge in [-0.3, -0.25) is 4.90 Å². The van der Waals surface area contributed by atoms with Gasteiger partial charge in [-0.2, -0.15) is 0 Å². The van der Waals surface area contributed by atoms with E-state index in [1.807, 2.05) is 6.07 Å². The van der Waals surface area contributed by atoms with E-state index in [-0.39, 0.29) is 5.02 Å². The minimum atomic E-state index is -0.411. The first-order valence-electron chi connectivity index (χ1n) is 7.40. The quantitative estimate of drug-likeness (QED) is 0.836. The van der Waals surface area contributed by atoms with Crippen molar-refractivity contribution >= 4 is 11.6 Å². The van der Waals surface area contributed by atoms with Crippen LogP contribution in [0.3, 0.4) is 0 Å². The fraction of sp³-hybridized carbons (Fsp3) is 0.333. The van der Waals surface area contributed by atoms with Crippen LogP contribution >= 0.6 is 11.6 Å². The number of likely N-dealkylation sites (tertiary alicyclic amines) is 1. The molecule has 1 atom stereocenters. The average Bonchev–Trinajstić information content (AvgIpc) is 2.95. The summed E-state index contributed by atoms with van der Waals surface area (Å²) in [6.07, 6.45) is 0.873. The van der Waals surface area contributed by atoms with E-state index >= 15 is 0 Å². The van der Waals surface area contributed by atoms with Crippen LogP contribution < -0.4 is 0 Å². The second kappa shape index (κ2) is 6.37. The van der Waals surface area contributed by atoms with Crippen molar-refractivity contribution in [3.8, 4) is 0 Å². The zero-order valence-corrected chi connectivity index (χ0v) is 13.3. The summed E-state index contributed by atoms with van der Waals surface area (Å²) in [6.45, 7) is 2.61. The molecule has 2 aromatic rings. The highest BCUT2D eigenvalue weighted by atomic mass is 35.5. The van der Waals surface area contributed by atoms with Crippen LogP contribution in [0.1, 0.15) is 17.5 Å². The molecule has 3 rings (SSSR count). The van der Waals surface area contributed by atoms with Gasteiger partial charge < -0.3 is 4.74 Å². The molecule has 2 aromatic carbocycles. The maximum Gasteiger partial charge on any atom is 0.141 e. The Morgan fingerprint density at radius 2 is 2.00 bits per heavy atom. The van der Waals surface area contributed by atoms with E-state index in [9.17, 15) is 4.39 Å². The van der Waals surface area contributed by atoms with Crippen LogP contribution in [-0.2, 0) is 16.9 Å². The molecule has 22 heavy (non-hydrogen) atoms. The molecule has 0 radical (unpaired) electrons. The van der Waals surface area contributed by atoms with Crippen LogP contribution in [0.4, 0.5) is 4.39 Å². The fourth-order valence-electron chi connectivity index (χ4n) is 3.13. The summed E-state index contributed by atoms with van der Waals surface area (Å²) < 4.78 is 19.2. The van der Waals surface area contributed by atoms with Crippen LogP contribution in [0.25, 0.3) is 0 Å². The first-order valence-corrected chi connectivity index (χ1v) is 7.78. The lowest BCUT2D eigenvalue weighted by Crippen LogP contribution is -2.32. The second-order valence-corrected chi connectivity index (χ2v) is 6.18. The molecule has 0 N–H and O–H groups in total. The van der Waals surface area contributed by atoms with Crippen LogP contribution in [0.2, 0.25) is 5.02 Å². The Hall–Kier alpha value is -1.42. The molecule has 1 fully saturated rings. The van der Waals surface area contributed by atoms with Gasteiger partial charge in [0, 0.05) is 26.7 Å². The lowest BCUT2D eigenvalue weighted by atomic mass is 9.92. The Balaban J connectivity index is 1.79. The van der Waals surface area contributed by atoms with Crippen molar-refractivity contribution in [2.75, 3.05) is 20.2 Å². The lowest BCUT2D eigenvalue weighted by molar-refractivity contribution is -0.00643. The molecule has 0 saturated carbocycles. The van der Waals surface area contributed by atoms with Crippen molar-refractivity contribution in [1.29, 1.82) is 0 Å². The number of rotatable bonds is 4. The fourth-order valence-corrected chi connectivity index (χ4v) is 3.31. The molecule has 1 saturated heterocycles. The molecular formula is C18H19ClFNO. The van der Waals surface area contributed by atoms with Crippen molar-refractivity contribution in [2.45, 2.75) is 18.6 Å². The van der Waals surface area contributed by atoms with Crippen molar-refractivity contribution in [2.24, 2.45) is 0 Å². The zero-order chi connectivity index (χ0) is 15.6. The molecule has 0 bridgehead atoms. The molecule has 2 nitrogen and oxygen atoms in total. The van der Waals surface area contributed by atoms with Gasteiger partial charge in [0.2, 0.25) is 0 Å². The third kappa shape index (κ3) is 3.02. The number of hydrogen-bond acceptors (Lipinski definition) is 2. The van der Waals surface area contributed by atoms with Crippen LogP contribution in [0.5, 0.6) is 0 Å². The van der Waals surface area contributed by atoms with Crippen molar-refractivity contribution in [3.05, 3.63) is 70.5 Å². The largest absolute Gasteiger partial charge is 0.372 e. The molecule has 0 aliphatic carbocycles. The number of nitrogens with zero attached hydrogens (tertiary/aromatic N) is 1. The van der Waals surface area contributed by atoms with Gasteiger partial charge in [0.05, 0.1) is 5.02 Å². The highest BCUT2D eigenvalue weighted by Gasteiger charge is 2.40. The van der Waals surface area contributed by atoms with Crippen LogP contribution in [-0.4, -0.2) is 25.1 Å². The normalized spacial score (nSPS) is 22.1. The van der Waals surface area contributed by atoms with Crippen molar-refractivity contribution in [1.82, 2.24) is 4.90 Å². The van der Waals surface area contributed by atoms with Crippen LogP contribution in [0, 0.1) is 5.82 Å². The van der Waals surface area contributed by atoms with E-state index in [2.05, 4.69) is 29.2 Å². The van der Waals surface area contributed by atoms with Crippen molar-refractivity contribution < 1.29 is 9.13 Å². The van der Waals surface area contributed by atoms with Crippen molar-refractivity contribution in [3.63, 3.8) is 0 Å². The number of ether oxygens (including phenoxy) is 1. The summed E-state index contributed by atoms with van der Waals surface area (Å²) in [7, 11) is 1.71. The summed E-state index contributed by atoms with van der Waals surface area (Å²) in [6, 6.07) is 15.3. The Kier molecular flexibility index (Phi) is 4.48. The molecular weight excluding hydrogens is 301 g/mol. The van der Waals surface area contributed by atoms with E-state index in [4.69, 9.17) is 16.3 Å². The Labute approximate surface area is 135 Å². The standard InChI is InChI=1S/C18H19ClFNO/c1-22-18(15-7-8-17(20)16(19)11-15)9-10-21(13-18)12-14-5-3-2-4-6-14/h2-8,11H,9-10,12-13H2,1H3. The number of methoxy groups -OCH3 is 1. The first kappa shape index (κ1) is 15.5. The monoisotopic (exact) mass is 319 g/mol. The van der Waals surface area contributed by atoms with Gasteiger partial charge >= 0.3 is 0 Å². The maximum absolute atomic E-state index is 13.4. The maximum atomic E-state index is 13.4. The zero-order valence-electron chi connectivity index (χ0n) is 12.6. The van der Waals surface area contributed by atoms with E-state index in [1.165, 1.54) is 11.6 Å². The summed E-state index contributed by atoms with van der Waals surface area (Å²) in [4.78, 5) is 2.36. The van der Waals surface area contributed by atoms with Gasteiger partial charge in [-0.25, -0.2) is 4.39 Å². The van der Waals surface area contributed by atoms with E-state index in [0.29, 0.717) is 0 Å². The Morgan fingerprint density at radius 3 is 2.68 bits per heavy atom. The summed E-state index contributed by atoms with van der Waals surface area (Å²) in [5, 5.41) is 0.149. The third-order valence-electron chi connectivity index (χ3n) is 4.40. The second-order valence-electron chi connectivity index (χ2n) is 5.77. The average molecular weight is 320 g/mol. The first-order chi connectivity index (χ1) is 10.6. The summed E-state index contributed by atoms with van der Waals surface area (Å²) >= 11 is 5.93. The van der Waals surface area contributed by atoms with Gasteiger partial charge in [-0.15, -0.1) is 0 Å². The lowest BCUT2D eigenvalue weighted by Gasteiger charge is -2.29. The molecule has 1 heterocycles.